The van der Waals surface area contributed by atoms with E-state index in [4.69, 9.17) is 4.98 Å². The van der Waals surface area contributed by atoms with Crippen molar-refractivity contribution in [2.75, 3.05) is 26.2 Å². The summed E-state index contributed by atoms with van der Waals surface area (Å²) in [5.74, 6) is 1.14. The molecule has 2 aromatic heterocycles. The Morgan fingerprint density at radius 1 is 1.35 bits per heavy atom. The van der Waals surface area contributed by atoms with Crippen LogP contribution in [0.1, 0.15) is 41.3 Å². The van der Waals surface area contributed by atoms with Gasteiger partial charge in [-0.2, -0.15) is 0 Å². The van der Waals surface area contributed by atoms with E-state index in [2.05, 4.69) is 45.6 Å². The highest BCUT2D eigenvalue weighted by Crippen LogP contribution is 2.29. The summed E-state index contributed by atoms with van der Waals surface area (Å²) in [6.45, 7) is 10.7. The monoisotopic (exact) mass is 396 g/mol. The number of hydrogen-bond donors (Lipinski definition) is 1. The van der Waals surface area contributed by atoms with Crippen LogP contribution in [0.5, 0.6) is 0 Å². The van der Waals surface area contributed by atoms with E-state index < -0.39 is 0 Å². The number of halogens is 1. The zero-order valence-electron chi connectivity index (χ0n) is 15.8. The molecule has 4 rings (SSSR count). The molecule has 0 amide bonds. The molecule has 0 radical (unpaired) electrons. The molecule has 0 aromatic carbocycles. The molecule has 1 fully saturated rings. The fraction of sp³-hybridized carbons (Fsp3) is 0.667. The molecule has 0 saturated carbocycles. The lowest BCUT2D eigenvalue weighted by Gasteiger charge is -2.35. The Balaban J connectivity index is 0.00000196. The Kier molecular flexibility index (Phi) is 6.35. The molecule has 8 heteroatoms. The van der Waals surface area contributed by atoms with Crippen LogP contribution in [0.15, 0.2) is 12.4 Å². The van der Waals surface area contributed by atoms with Crippen molar-refractivity contribution in [1.29, 1.82) is 0 Å². The number of nitrogens with one attached hydrogen (secondary N) is 1. The maximum absolute atomic E-state index is 4.98. The number of aryl methyl sites for hydroxylation is 1. The number of thiazole rings is 1. The van der Waals surface area contributed by atoms with Gasteiger partial charge in [-0.05, 0) is 13.8 Å². The molecule has 0 spiro atoms. The van der Waals surface area contributed by atoms with E-state index >= 15 is 0 Å². The van der Waals surface area contributed by atoms with Gasteiger partial charge in [0.15, 0.2) is 0 Å². The standard InChI is InChI=1S/C18H28N6S.ClH/c1-13(2)23-7-4-14-16(11-23)25-17(21-14)12-24-9-5-19-10-15(24)18-20-6-8-22(18)3;/h6,8,13,15,19H,4-5,7,9-12H2,1-3H3;1H. The van der Waals surface area contributed by atoms with Crippen molar-refractivity contribution in [1.82, 2.24) is 29.7 Å². The summed E-state index contributed by atoms with van der Waals surface area (Å²) in [7, 11) is 2.08. The first kappa shape index (κ1) is 19.8. The summed E-state index contributed by atoms with van der Waals surface area (Å²) in [6.07, 6.45) is 5.02. The molecule has 26 heavy (non-hydrogen) atoms. The second-order valence-corrected chi connectivity index (χ2v) is 8.55. The Morgan fingerprint density at radius 2 is 2.19 bits per heavy atom. The first-order chi connectivity index (χ1) is 12.1. The number of hydrogen-bond acceptors (Lipinski definition) is 6. The van der Waals surface area contributed by atoms with E-state index in [1.165, 1.54) is 15.6 Å². The molecule has 2 aromatic rings. The highest BCUT2D eigenvalue weighted by atomic mass is 35.5. The lowest BCUT2D eigenvalue weighted by atomic mass is 10.1. The Bertz CT molecular complexity index is 727. The van der Waals surface area contributed by atoms with Crippen LogP contribution >= 0.6 is 23.7 Å². The summed E-state index contributed by atoms with van der Waals surface area (Å²) < 4.78 is 2.14. The van der Waals surface area contributed by atoms with Crippen molar-refractivity contribution < 1.29 is 0 Å². The summed E-state index contributed by atoms with van der Waals surface area (Å²) >= 11 is 1.91. The highest BCUT2D eigenvalue weighted by Gasteiger charge is 2.29. The fourth-order valence-electron chi connectivity index (χ4n) is 3.84. The van der Waals surface area contributed by atoms with Gasteiger partial charge in [-0.3, -0.25) is 9.80 Å². The molecule has 2 aliphatic rings. The maximum Gasteiger partial charge on any atom is 0.127 e. The molecule has 1 N–H and O–H groups in total. The van der Waals surface area contributed by atoms with Gasteiger partial charge in [-0.15, -0.1) is 23.7 Å². The van der Waals surface area contributed by atoms with Crippen LogP contribution in [-0.2, 0) is 26.6 Å². The SMILES string of the molecule is CC(C)N1CCc2nc(CN3CCNCC3c3nccn3C)sc2C1.Cl. The van der Waals surface area contributed by atoms with Crippen molar-refractivity contribution in [2.24, 2.45) is 7.05 Å². The molecule has 0 aliphatic carbocycles. The maximum atomic E-state index is 4.98. The predicted octanol–water partition coefficient (Wildman–Crippen LogP) is 2.21. The van der Waals surface area contributed by atoms with Crippen molar-refractivity contribution in [2.45, 2.75) is 45.4 Å². The van der Waals surface area contributed by atoms with Crippen LogP contribution in [-0.4, -0.2) is 56.6 Å². The summed E-state index contributed by atoms with van der Waals surface area (Å²) in [4.78, 5) is 16.1. The number of piperazine rings is 1. The van der Waals surface area contributed by atoms with Gasteiger partial charge in [-0.25, -0.2) is 9.97 Å². The van der Waals surface area contributed by atoms with Crippen molar-refractivity contribution in [3.05, 3.63) is 33.8 Å². The van der Waals surface area contributed by atoms with Gasteiger partial charge < -0.3 is 9.88 Å². The Labute approximate surface area is 166 Å². The third-order valence-corrected chi connectivity index (χ3v) is 6.45. The molecule has 0 bridgehead atoms. The molecule has 1 unspecified atom stereocenters. The third kappa shape index (κ3) is 3.97. The zero-order valence-corrected chi connectivity index (χ0v) is 17.4. The van der Waals surface area contributed by atoms with E-state index in [1.54, 1.807) is 0 Å². The normalized spacial score (nSPS) is 21.6. The van der Waals surface area contributed by atoms with Crippen molar-refractivity contribution in [3.63, 3.8) is 0 Å². The second-order valence-electron chi connectivity index (χ2n) is 7.38. The minimum absolute atomic E-state index is 0. The van der Waals surface area contributed by atoms with Crippen LogP contribution in [0.3, 0.4) is 0 Å². The van der Waals surface area contributed by atoms with Crippen LogP contribution in [0.25, 0.3) is 0 Å². The Hall–Kier alpha value is -0.990. The number of imidazole rings is 1. The van der Waals surface area contributed by atoms with E-state index in [0.717, 1.165) is 51.5 Å². The number of nitrogens with zero attached hydrogens (tertiary/aromatic N) is 5. The quantitative estimate of drug-likeness (QED) is 0.858. The summed E-state index contributed by atoms with van der Waals surface area (Å²) in [5.41, 5.74) is 1.33. The number of fused-ring (bicyclic) bond motifs is 1. The average molecular weight is 397 g/mol. The summed E-state index contributed by atoms with van der Waals surface area (Å²) in [5, 5.41) is 4.78. The van der Waals surface area contributed by atoms with Gasteiger partial charge in [0.05, 0.1) is 18.3 Å². The fourth-order valence-corrected chi connectivity index (χ4v) is 5.01. The van der Waals surface area contributed by atoms with Gasteiger partial charge in [0.25, 0.3) is 0 Å². The molecule has 144 valence electrons. The lowest BCUT2D eigenvalue weighted by molar-refractivity contribution is 0.144. The molecule has 6 nitrogen and oxygen atoms in total. The van der Waals surface area contributed by atoms with E-state index in [9.17, 15) is 0 Å². The lowest BCUT2D eigenvalue weighted by Crippen LogP contribution is -2.46. The minimum Gasteiger partial charge on any atom is -0.337 e. The topological polar surface area (TPSA) is 49.2 Å². The van der Waals surface area contributed by atoms with Gasteiger partial charge in [0.1, 0.15) is 10.8 Å². The number of aromatic nitrogens is 3. The van der Waals surface area contributed by atoms with E-state index in [-0.39, 0.29) is 12.4 Å². The molecular formula is C18H29ClN6S. The van der Waals surface area contributed by atoms with Gasteiger partial charge in [-0.1, -0.05) is 0 Å². The second kappa shape index (κ2) is 8.35. The number of rotatable bonds is 4. The largest absolute Gasteiger partial charge is 0.337 e. The van der Waals surface area contributed by atoms with Crippen LogP contribution in [0.4, 0.5) is 0 Å². The smallest absolute Gasteiger partial charge is 0.127 e. The van der Waals surface area contributed by atoms with Gasteiger partial charge in [0.2, 0.25) is 0 Å². The van der Waals surface area contributed by atoms with Crippen molar-refractivity contribution >= 4 is 23.7 Å². The van der Waals surface area contributed by atoms with E-state index in [1.807, 2.05) is 23.7 Å². The van der Waals surface area contributed by atoms with Crippen LogP contribution < -0.4 is 5.32 Å². The van der Waals surface area contributed by atoms with Gasteiger partial charge >= 0.3 is 0 Å². The molecular weight excluding hydrogens is 368 g/mol. The van der Waals surface area contributed by atoms with Gasteiger partial charge in [0, 0.05) is 69.5 Å². The van der Waals surface area contributed by atoms with Crippen LogP contribution in [0, 0.1) is 0 Å². The molecule has 4 heterocycles. The molecule has 2 aliphatic heterocycles. The first-order valence-corrected chi connectivity index (χ1v) is 10.1. The van der Waals surface area contributed by atoms with Crippen molar-refractivity contribution in [3.8, 4) is 0 Å². The zero-order chi connectivity index (χ0) is 17.4. The third-order valence-electron chi connectivity index (χ3n) is 5.38. The van der Waals surface area contributed by atoms with E-state index in [0.29, 0.717) is 12.1 Å². The molecule has 1 saturated heterocycles. The van der Waals surface area contributed by atoms with Crippen LogP contribution in [0.2, 0.25) is 0 Å². The Morgan fingerprint density at radius 3 is 2.92 bits per heavy atom. The molecule has 1 atom stereocenters. The summed E-state index contributed by atoms with van der Waals surface area (Å²) in [6, 6.07) is 0.932. The predicted molar refractivity (Wildman–Crippen MR) is 108 cm³/mol. The first-order valence-electron chi connectivity index (χ1n) is 9.25. The highest BCUT2D eigenvalue weighted by molar-refractivity contribution is 7.11. The minimum atomic E-state index is 0. The average Bonchev–Trinajstić information content (AvgIpc) is 3.20.